The van der Waals surface area contributed by atoms with Gasteiger partial charge in [-0.25, -0.2) is 4.79 Å². The first-order valence-electron chi connectivity index (χ1n) is 14.2. The Morgan fingerprint density at radius 1 is 0.848 bits per heavy atom. The lowest BCUT2D eigenvalue weighted by molar-refractivity contribution is -0.380. The lowest BCUT2D eigenvalue weighted by atomic mass is 9.88. The quantitative estimate of drug-likeness (QED) is 0.0913. The minimum absolute atomic E-state index is 0.720. The van der Waals surface area contributed by atoms with Crippen LogP contribution in [-0.4, -0.2) is 191 Å². The van der Waals surface area contributed by atoms with Crippen LogP contribution < -0.4 is 10.6 Å². The highest BCUT2D eigenvalue weighted by molar-refractivity contribution is 5.76. The lowest BCUT2D eigenvalue weighted by Crippen LogP contribution is -2.71. The molecular weight excluding hydrogens is 632 g/mol. The number of hydrogen-bond donors (Lipinski definition) is 13. The summed E-state index contributed by atoms with van der Waals surface area (Å²) in [4.78, 5) is 36.2. The molecule has 3 rings (SSSR count). The van der Waals surface area contributed by atoms with Crippen LogP contribution in [0.2, 0.25) is 0 Å². The number of hydrogen-bond acceptors (Lipinski definition) is 18. The molecule has 3 aliphatic rings. The fraction of sp³-hybridized carbons (Fsp3) is 0.880. The van der Waals surface area contributed by atoms with Gasteiger partial charge in [0.05, 0.1) is 32.0 Å². The lowest BCUT2D eigenvalue weighted by Gasteiger charge is -2.50. The molecule has 0 spiro atoms. The third-order valence-corrected chi connectivity index (χ3v) is 7.87. The Balaban J connectivity index is 1.98. The number of carbonyl (C=O) groups is 3. The first kappa shape index (κ1) is 38.3. The van der Waals surface area contributed by atoms with Crippen molar-refractivity contribution >= 4 is 17.8 Å². The van der Waals surface area contributed by atoms with E-state index < -0.39 is 142 Å². The van der Waals surface area contributed by atoms with Crippen molar-refractivity contribution in [3.05, 3.63) is 0 Å². The van der Waals surface area contributed by atoms with Crippen LogP contribution in [0.5, 0.6) is 0 Å². The van der Waals surface area contributed by atoms with Crippen molar-refractivity contribution in [3.8, 4) is 0 Å². The van der Waals surface area contributed by atoms with E-state index in [1.807, 2.05) is 0 Å². The van der Waals surface area contributed by atoms with Crippen LogP contribution in [0.3, 0.4) is 0 Å². The third kappa shape index (κ3) is 8.08. The molecule has 21 heteroatoms. The van der Waals surface area contributed by atoms with Crippen LogP contribution >= 0.6 is 0 Å². The van der Waals surface area contributed by atoms with Gasteiger partial charge >= 0.3 is 5.97 Å². The first-order chi connectivity index (χ1) is 21.5. The highest BCUT2D eigenvalue weighted by Gasteiger charge is 2.60. The molecule has 2 amide bonds. The van der Waals surface area contributed by atoms with Gasteiger partial charge in [0.1, 0.15) is 67.1 Å². The Labute approximate surface area is 260 Å². The van der Waals surface area contributed by atoms with Crippen LogP contribution in [0.1, 0.15) is 20.3 Å². The van der Waals surface area contributed by atoms with Crippen molar-refractivity contribution in [2.45, 2.75) is 118 Å². The van der Waals surface area contributed by atoms with E-state index in [0.29, 0.717) is 0 Å². The van der Waals surface area contributed by atoms with Gasteiger partial charge in [0.15, 0.2) is 12.6 Å². The summed E-state index contributed by atoms with van der Waals surface area (Å²) in [6.45, 7) is -0.777. The van der Waals surface area contributed by atoms with Crippen LogP contribution in [0.25, 0.3) is 0 Å². The van der Waals surface area contributed by atoms with Gasteiger partial charge in [0.2, 0.25) is 11.8 Å². The predicted octanol–water partition coefficient (Wildman–Crippen LogP) is -8.08. The number of carbonyl (C=O) groups excluding carboxylic acids is 2. The molecule has 21 nitrogen and oxygen atoms in total. The molecule has 0 radical (unpaired) electrons. The van der Waals surface area contributed by atoms with Crippen molar-refractivity contribution < 1.29 is 94.2 Å². The van der Waals surface area contributed by atoms with Gasteiger partial charge < -0.3 is 90.5 Å². The molecule has 16 atom stereocenters. The number of rotatable bonds is 12. The Bertz CT molecular complexity index is 1050. The highest BCUT2D eigenvalue weighted by atomic mass is 16.8. The molecule has 46 heavy (non-hydrogen) atoms. The number of aliphatic carboxylic acids is 1. The molecule has 0 saturated carbocycles. The van der Waals surface area contributed by atoms with Crippen molar-refractivity contribution in [2.24, 2.45) is 0 Å². The van der Waals surface area contributed by atoms with Crippen LogP contribution in [0.4, 0.5) is 0 Å². The summed E-state index contributed by atoms with van der Waals surface area (Å²) < 4.78 is 27.3. The van der Waals surface area contributed by atoms with Crippen molar-refractivity contribution in [1.29, 1.82) is 0 Å². The third-order valence-electron chi connectivity index (χ3n) is 7.87. The van der Waals surface area contributed by atoms with Gasteiger partial charge in [-0.05, 0) is 0 Å². The summed E-state index contributed by atoms with van der Waals surface area (Å²) in [5.74, 6) is -6.50. The fourth-order valence-corrected chi connectivity index (χ4v) is 5.56. The molecule has 3 fully saturated rings. The summed E-state index contributed by atoms with van der Waals surface area (Å²) in [5.41, 5.74) is 0. The largest absolute Gasteiger partial charge is 0.477 e. The van der Waals surface area contributed by atoms with E-state index in [1.54, 1.807) is 0 Å². The molecule has 13 N–H and O–H groups in total. The second kappa shape index (κ2) is 15.8. The number of amides is 2. The SMILES string of the molecule is CC(=O)N[C@@H]1[C@@H](O[C@@H]2O[C@H](CO)[C@H](O)[C@H](O[C@]3(C(=O)O)C[C@H](O)[C@@H](NC(C)=O)[C@H]([C@@H](O)[C@H](O)CO)O3)[C@H]2O)[C@H](O)[C@@H](CO)O[C@H]1O. The van der Waals surface area contributed by atoms with Gasteiger partial charge in [-0.1, -0.05) is 0 Å². The number of ether oxygens (including phenoxy) is 5. The minimum atomic E-state index is -3.04. The van der Waals surface area contributed by atoms with E-state index in [2.05, 4.69) is 10.6 Å². The standard InChI is InChI=1S/C25H42N2O19/c1-7(31)26-13-9(33)3-25(24(40)41,45-20(13)15(35)10(34)4-28)46-21-17(37)12(6-30)43-23(18(21)38)44-19-14(27-8(2)32)22(39)42-11(5-29)16(19)36/h9-23,28-30,33-39H,3-6H2,1-2H3,(H,26,31)(H,27,32)(H,40,41)/t9-,10+,11+,12+,13+,14+,15-,16+,17-,18+,19+,20+,21-,22+,23-,25-/m0/s1. The molecule has 3 saturated heterocycles. The number of carboxylic acids is 1. The van der Waals surface area contributed by atoms with E-state index in [9.17, 15) is 70.6 Å². The molecule has 3 heterocycles. The maximum Gasteiger partial charge on any atom is 0.364 e. The normalized spacial score (nSPS) is 42.9. The fourth-order valence-electron chi connectivity index (χ4n) is 5.56. The number of aliphatic hydroxyl groups is 10. The molecule has 266 valence electrons. The summed E-state index contributed by atoms with van der Waals surface area (Å²) in [7, 11) is 0. The van der Waals surface area contributed by atoms with Crippen LogP contribution in [0, 0.1) is 0 Å². The van der Waals surface area contributed by atoms with E-state index in [-0.39, 0.29) is 0 Å². The van der Waals surface area contributed by atoms with Crippen molar-refractivity contribution in [3.63, 3.8) is 0 Å². The Morgan fingerprint density at radius 3 is 1.91 bits per heavy atom. The monoisotopic (exact) mass is 674 g/mol. The smallest absolute Gasteiger partial charge is 0.364 e. The molecule has 0 aromatic heterocycles. The maximum absolute atomic E-state index is 12.6. The Kier molecular flexibility index (Phi) is 13.1. The zero-order chi connectivity index (χ0) is 34.7. The van der Waals surface area contributed by atoms with E-state index in [4.69, 9.17) is 23.7 Å². The van der Waals surface area contributed by atoms with Crippen LogP contribution in [0.15, 0.2) is 0 Å². The Morgan fingerprint density at radius 2 is 1.39 bits per heavy atom. The summed E-state index contributed by atoms with van der Waals surface area (Å²) >= 11 is 0. The van der Waals surface area contributed by atoms with Gasteiger partial charge in [0, 0.05) is 20.3 Å². The molecular formula is C25H42N2O19. The summed E-state index contributed by atoms with van der Waals surface area (Å²) in [5, 5.41) is 118. The molecule has 0 unspecified atom stereocenters. The van der Waals surface area contributed by atoms with Gasteiger partial charge in [-0.2, -0.15) is 0 Å². The maximum atomic E-state index is 12.6. The average Bonchev–Trinajstić information content (AvgIpc) is 2.99. The molecule has 0 aromatic rings. The van der Waals surface area contributed by atoms with E-state index in [1.165, 1.54) is 0 Å². The van der Waals surface area contributed by atoms with Crippen molar-refractivity contribution in [2.75, 3.05) is 19.8 Å². The zero-order valence-corrected chi connectivity index (χ0v) is 24.7. The molecule has 0 bridgehead atoms. The predicted molar refractivity (Wildman–Crippen MR) is 142 cm³/mol. The minimum Gasteiger partial charge on any atom is -0.477 e. The van der Waals surface area contributed by atoms with Crippen LogP contribution in [-0.2, 0) is 38.1 Å². The first-order valence-corrected chi connectivity index (χ1v) is 14.2. The second-order valence-electron chi connectivity index (χ2n) is 11.2. The molecule has 0 aliphatic carbocycles. The summed E-state index contributed by atoms with van der Waals surface area (Å²) in [6.07, 6.45) is -25.8. The average molecular weight is 675 g/mol. The van der Waals surface area contributed by atoms with E-state index in [0.717, 1.165) is 13.8 Å². The second-order valence-corrected chi connectivity index (χ2v) is 11.2. The van der Waals surface area contributed by atoms with E-state index >= 15 is 0 Å². The zero-order valence-electron chi connectivity index (χ0n) is 24.7. The topological polar surface area (TPSA) is 344 Å². The number of aliphatic hydroxyl groups excluding tert-OH is 10. The van der Waals surface area contributed by atoms with Crippen molar-refractivity contribution in [1.82, 2.24) is 10.6 Å². The van der Waals surface area contributed by atoms with Gasteiger partial charge in [-0.15, -0.1) is 0 Å². The number of carboxylic acid groups (broad SMARTS) is 1. The number of nitrogens with one attached hydrogen (secondary N) is 2. The van der Waals surface area contributed by atoms with Gasteiger partial charge in [0.25, 0.3) is 5.79 Å². The van der Waals surface area contributed by atoms with Gasteiger partial charge in [-0.3, -0.25) is 9.59 Å². The highest BCUT2D eigenvalue weighted by Crippen LogP contribution is 2.38. The Hall–Kier alpha value is -2.19. The summed E-state index contributed by atoms with van der Waals surface area (Å²) in [6, 6.07) is -3.08. The molecule has 0 aromatic carbocycles. The molecule has 3 aliphatic heterocycles.